The zero-order valence-corrected chi connectivity index (χ0v) is 28.5. The van der Waals surface area contributed by atoms with Gasteiger partial charge < -0.3 is 14.6 Å². The number of amides is 2. The molecule has 2 aromatic heterocycles. The van der Waals surface area contributed by atoms with Crippen LogP contribution in [0.15, 0.2) is 102 Å². The summed E-state index contributed by atoms with van der Waals surface area (Å²) in [6.07, 6.45) is 8.71. The second-order valence-electron chi connectivity index (χ2n) is 13.3. The summed E-state index contributed by atoms with van der Waals surface area (Å²) in [6.45, 7) is 0.597. The molecule has 7 rings (SSSR count). The number of nitrogens with zero attached hydrogens (tertiary/aromatic N) is 3. The van der Waals surface area contributed by atoms with Crippen LogP contribution in [-0.4, -0.2) is 38.3 Å². The maximum absolute atomic E-state index is 13.7. The number of carbonyl (C=O) groups is 2. The molecular formula is C41H39FN4O6. The number of phenols is 1. The van der Waals surface area contributed by atoms with E-state index in [0.717, 1.165) is 71.3 Å². The van der Waals surface area contributed by atoms with Gasteiger partial charge in [-0.3, -0.25) is 24.7 Å². The van der Waals surface area contributed by atoms with Gasteiger partial charge in [0, 0.05) is 24.1 Å². The van der Waals surface area contributed by atoms with Crippen molar-refractivity contribution < 1.29 is 28.6 Å². The summed E-state index contributed by atoms with van der Waals surface area (Å²) in [5.41, 5.74) is 5.03. The molecule has 5 aromatic rings. The molecule has 0 spiro atoms. The van der Waals surface area contributed by atoms with Crippen LogP contribution in [0.3, 0.4) is 0 Å². The second kappa shape index (κ2) is 15.6. The van der Waals surface area contributed by atoms with Gasteiger partial charge in [-0.15, -0.1) is 0 Å². The van der Waals surface area contributed by atoms with E-state index in [-0.39, 0.29) is 47.9 Å². The number of halogens is 1. The number of pyridine rings is 1. The van der Waals surface area contributed by atoms with Crippen LogP contribution in [0.4, 0.5) is 4.39 Å². The van der Waals surface area contributed by atoms with Crippen molar-refractivity contribution in [1.29, 1.82) is 0 Å². The van der Waals surface area contributed by atoms with Gasteiger partial charge in [0.2, 0.25) is 5.91 Å². The Balaban J connectivity index is 0.872. The minimum Gasteiger partial charge on any atom is -0.508 e. The predicted molar refractivity (Wildman–Crippen MR) is 191 cm³/mol. The highest BCUT2D eigenvalue weighted by Gasteiger charge is 2.32. The summed E-state index contributed by atoms with van der Waals surface area (Å²) < 4.78 is 26.6. The minimum atomic E-state index is -0.828. The summed E-state index contributed by atoms with van der Waals surface area (Å²) in [5.74, 6) is 0.902. The first-order chi connectivity index (χ1) is 25.3. The molecule has 0 saturated carbocycles. The fourth-order valence-corrected chi connectivity index (χ4v) is 7.20. The molecule has 2 aliphatic rings. The summed E-state index contributed by atoms with van der Waals surface area (Å²) in [4.78, 5) is 40.6. The molecule has 1 aliphatic heterocycles. The molecule has 1 unspecified atom stereocenters. The number of hydrogen-bond donors (Lipinski definition) is 2. The number of fused-ring (bicyclic) bond motifs is 1. The fourth-order valence-electron chi connectivity index (χ4n) is 7.20. The lowest BCUT2D eigenvalue weighted by Gasteiger charge is -2.35. The van der Waals surface area contributed by atoms with Gasteiger partial charge in [-0.2, -0.15) is 5.10 Å². The SMILES string of the molecule is O=C1CCC(n2ncc(Oc3ccc(CCCCCOc4ccc([C@@H]5c6ccc(O)cc6CC[C@@H]5c5ccc(F)cc5)cc4)nc3)cc2=O)C(=O)N1. The van der Waals surface area contributed by atoms with Crippen molar-refractivity contribution in [2.24, 2.45) is 0 Å². The predicted octanol–water partition coefficient (Wildman–Crippen LogP) is 6.91. The van der Waals surface area contributed by atoms with Crippen LogP contribution >= 0.6 is 0 Å². The van der Waals surface area contributed by atoms with E-state index in [1.807, 2.05) is 42.5 Å². The lowest BCUT2D eigenvalue weighted by atomic mass is 9.69. The molecule has 1 saturated heterocycles. The second-order valence-corrected chi connectivity index (χ2v) is 13.3. The van der Waals surface area contributed by atoms with Gasteiger partial charge in [0.05, 0.1) is 19.0 Å². The minimum absolute atomic E-state index is 0.0818. The molecule has 3 aromatic carbocycles. The number of aryl methyl sites for hydroxylation is 2. The standard InChI is InChI=1S/C41H39FN4O6/c42-29-10-5-26(6-11-29)35-17-9-28-22-31(47)13-18-36(28)40(35)27-7-14-32(15-8-27)51-21-3-1-2-4-30-12-16-33(24-43-30)52-34-23-39(49)46(44-25-34)37-19-20-38(48)45-41(37)50/h5-8,10-16,18,22-25,35,37,40,47H,1-4,9,17,19-21H2,(H,45,48,50)/t35-,37?,40+/m1/s1. The molecule has 52 heavy (non-hydrogen) atoms. The van der Waals surface area contributed by atoms with Gasteiger partial charge in [-0.1, -0.05) is 30.3 Å². The smallest absolute Gasteiger partial charge is 0.271 e. The first kappa shape index (κ1) is 34.6. The van der Waals surface area contributed by atoms with Gasteiger partial charge in [-0.05, 0) is 122 Å². The van der Waals surface area contributed by atoms with Gasteiger partial charge in [0.15, 0.2) is 5.75 Å². The number of piperidine rings is 1. The molecule has 11 heteroatoms. The van der Waals surface area contributed by atoms with Crippen molar-refractivity contribution in [1.82, 2.24) is 20.1 Å². The first-order valence-electron chi connectivity index (χ1n) is 17.7. The van der Waals surface area contributed by atoms with E-state index in [0.29, 0.717) is 12.4 Å². The molecule has 10 nitrogen and oxygen atoms in total. The number of ether oxygens (including phenoxy) is 2. The third kappa shape index (κ3) is 8.04. The number of imide groups is 1. The summed E-state index contributed by atoms with van der Waals surface area (Å²) >= 11 is 0. The van der Waals surface area contributed by atoms with Crippen molar-refractivity contribution in [3.05, 3.63) is 141 Å². The van der Waals surface area contributed by atoms with E-state index in [1.165, 1.54) is 30.0 Å². The zero-order valence-electron chi connectivity index (χ0n) is 28.5. The number of hydrogen-bond acceptors (Lipinski definition) is 8. The van der Waals surface area contributed by atoms with Crippen LogP contribution < -0.4 is 20.3 Å². The topological polar surface area (TPSA) is 133 Å². The van der Waals surface area contributed by atoms with E-state index >= 15 is 0 Å². The summed E-state index contributed by atoms with van der Waals surface area (Å²) in [5, 5.41) is 16.4. The maximum atomic E-state index is 13.7. The van der Waals surface area contributed by atoms with E-state index in [2.05, 4.69) is 27.5 Å². The number of unbranched alkanes of at least 4 members (excludes halogenated alkanes) is 2. The summed E-state index contributed by atoms with van der Waals surface area (Å²) in [6, 6.07) is 24.8. The summed E-state index contributed by atoms with van der Waals surface area (Å²) in [7, 11) is 0. The molecule has 2 amide bonds. The Hall–Kier alpha value is -5.84. The van der Waals surface area contributed by atoms with E-state index in [4.69, 9.17) is 9.47 Å². The van der Waals surface area contributed by atoms with Gasteiger partial charge in [0.25, 0.3) is 11.5 Å². The Morgan fingerprint density at radius 2 is 1.60 bits per heavy atom. The van der Waals surface area contributed by atoms with E-state index < -0.39 is 17.5 Å². The van der Waals surface area contributed by atoms with E-state index in [1.54, 1.807) is 18.3 Å². The van der Waals surface area contributed by atoms with Gasteiger partial charge in [-0.25, -0.2) is 9.07 Å². The lowest BCUT2D eigenvalue weighted by molar-refractivity contribution is -0.136. The maximum Gasteiger partial charge on any atom is 0.271 e. The molecule has 3 heterocycles. The van der Waals surface area contributed by atoms with Crippen LogP contribution in [0, 0.1) is 5.82 Å². The Labute approximate surface area is 300 Å². The molecule has 266 valence electrons. The Kier molecular flexibility index (Phi) is 10.4. The number of benzene rings is 3. The van der Waals surface area contributed by atoms with Crippen LogP contribution in [0.25, 0.3) is 0 Å². The molecule has 0 radical (unpaired) electrons. The third-order valence-electron chi connectivity index (χ3n) is 9.81. The highest BCUT2D eigenvalue weighted by molar-refractivity contribution is 5.99. The molecular weight excluding hydrogens is 663 g/mol. The zero-order chi connectivity index (χ0) is 36.0. The van der Waals surface area contributed by atoms with Crippen LogP contribution in [0.5, 0.6) is 23.0 Å². The normalized spacial score (nSPS) is 18.4. The average Bonchev–Trinajstić information content (AvgIpc) is 3.14. The molecule has 0 bridgehead atoms. The first-order valence-corrected chi connectivity index (χ1v) is 17.7. The molecule has 3 atom stereocenters. The number of aromatic nitrogens is 3. The largest absolute Gasteiger partial charge is 0.508 e. The van der Waals surface area contributed by atoms with Crippen molar-refractivity contribution in [3.63, 3.8) is 0 Å². The van der Waals surface area contributed by atoms with Crippen molar-refractivity contribution in [3.8, 4) is 23.0 Å². The molecule has 2 N–H and O–H groups in total. The monoisotopic (exact) mass is 702 g/mol. The van der Waals surface area contributed by atoms with Crippen molar-refractivity contribution in [2.45, 2.75) is 69.2 Å². The Morgan fingerprint density at radius 3 is 2.35 bits per heavy atom. The molecule has 1 aliphatic carbocycles. The number of rotatable bonds is 12. The number of nitrogens with one attached hydrogen (secondary N) is 1. The quantitative estimate of drug-likeness (QED) is 0.106. The van der Waals surface area contributed by atoms with Crippen LogP contribution in [0.1, 0.15) is 84.4 Å². The number of carbonyl (C=O) groups excluding carboxylic acids is 2. The highest BCUT2D eigenvalue weighted by Crippen LogP contribution is 2.47. The highest BCUT2D eigenvalue weighted by atomic mass is 19.1. The lowest BCUT2D eigenvalue weighted by Crippen LogP contribution is -2.45. The van der Waals surface area contributed by atoms with E-state index in [9.17, 15) is 23.9 Å². The van der Waals surface area contributed by atoms with Crippen LogP contribution in [-0.2, 0) is 22.4 Å². The van der Waals surface area contributed by atoms with Crippen molar-refractivity contribution >= 4 is 11.8 Å². The van der Waals surface area contributed by atoms with Crippen LogP contribution in [0.2, 0.25) is 0 Å². The number of aromatic hydroxyl groups is 1. The average molecular weight is 703 g/mol. The van der Waals surface area contributed by atoms with Gasteiger partial charge >= 0.3 is 0 Å². The third-order valence-corrected chi connectivity index (χ3v) is 9.81. The fraction of sp³-hybridized carbons (Fsp3) is 0.293. The Morgan fingerprint density at radius 1 is 0.808 bits per heavy atom. The Bertz CT molecular complexity index is 2100. The molecule has 1 fully saturated rings. The van der Waals surface area contributed by atoms with Gasteiger partial charge in [0.1, 0.15) is 29.1 Å². The number of phenolic OH excluding ortho intramolecular Hbond substituents is 1. The van der Waals surface area contributed by atoms with Crippen molar-refractivity contribution in [2.75, 3.05) is 6.61 Å².